The second kappa shape index (κ2) is 14.2. The van der Waals surface area contributed by atoms with E-state index in [1.807, 2.05) is 69.3 Å². The molecular formula is C17H24. The van der Waals surface area contributed by atoms with Crippen LogP contribution in [0.5, 0.6) is 0 Å². The lowest BCUT2D eigenvalue weighted by Crippen LogP contribution is -1.63. The predicted octanol–water partition coefficient (Wildman–Crippen LogP) is 5.66. The van der Waals surface area contributed by atoms with Gasteiger partial charge in [-0.15, -0.1) is 6.58 Å². The molecule has 17 heavy (non-hydrogen) atoms. The third-order valence-electron chi connectivity index (χ3n) is 1.36. The van der Waals surface area contributed by atoms with Crippen molar-refractivity contribution in [3.05, 3.63) is 79.4 Å². The molecule has 1 rings (SSSR count). The van der Waals surface area contributed by atoms with Crippen LogP contribution in [-0.4, -0.2) is 0 Å². The number of hydrogen-bond acceptors (Lipinski definition) is 0. The van der Waals surface area contributed by atoms with E-state index in [0.717, 1.165) is 0 Å². The minimum absolute atomic E-state index is 1.17. The summed E-state index contributed by atoms with van der Waals surface area (Å²) >= 11 is 0. The Labute approximate surface area is 107 Å². The Morgan fingerprint density at radius 2 is 1.53 bits per heavy atom. The molecule has 0 spiro atoms. The molecule has 0 heterocycles. The van der Waals surface area contributed by atoms with Crippen molar-refractivity contribution in [3.8, 4) is 0 Å². The summed E-state index contributed by atoms with van der Waals surface area (Å²) in [5.74, 6) is 0. The van der Waals surface area contributed by atoms with Crippen molar-refractivity contribution in [2.45, 2.75) is 20.8 Å². The first-order valence-corrected chi connectivity index (χ1v) is 5.61. The molecule has 0 radical (unpaired) electrons. The summed E-state index contributed by atoms with van der Waals surface area (Å²) in [6.45, 7) is 16.6. The average molecular weight is 228 g/mol. The van der Waals surface area contributed by atoms with E-state index >= 15 is 0 Å². The van der Waals surface area contributed by atoms with Crippen LogP contribution in [-0.2, 0) is 0 Å². The molecule has 0 fully saturated rings. The third-order valence-corrected chi connectivity index (χ3v) is 1.36. The largest absolute Gasteiger partial charge is 0.100 e. The van der Waals surface area contributed by atoms with E-state index in [2.05, 4.69) is 19.7 Å². The van der Waals surface area contributed by atoms with Gasteiger partial charge in [0.15, 0.2) is 0 Å². The topological polar surface area (TPSA) is 0 Å². The zero-order valence-electron chi connectivity index (χ0n) is 11.3. The summed E-state index contributed by atoms with van der Waals surface area (Å²) in [5, 5.41) is 0. The molecule has 0 bridgehead atoms. The fraction of sp³-hybridized carbons (Fsp3) is 0.176. The highest BCUT2D eigenvalue weighted by Crippen LogP contribution is 1.97. The Kier molecular flexibility index (Phi) is 14.7. The lowest BCUT2D eigenvalue weighted by molar-refractivity contribution is 1.42. The zero-order valence-corrected chi connectivity index (χ0v) is 11.3. The Bertz CT molecular complexity index is 324. The van der Waals surface area contributed by atoms with Gasteiger partial charge in [-0.1, -0.05) is 73.4 Å². The minimum Gasteiger partial charge on any atom is -0.100 e. The SMILES string of the molecule is C=C(C)C.C=C/C=C/C.C=Cc1ccccc1. The van der Waals surface area contributed by atoms with Gasteiger partial charge in [0.05, 0.1) is 0 Å². The maximum absolute atomic E-state index is 3.63. The van der Waals surface area contributed by atoms with Gasteiger partial charge in [0, 0.05) is 0 Å². The van der Waals surface area contributed by atoms with Crippen LogP contribution in [0, 0.1) is 0 Å². The number of allylic oxidation sites excluding steroid dienone is 4. The van der Waals surface area contributed by atoms with Crippen LogP contribution in [0.3, 0.4) is 0 Å². The van der Waals surface area contributed by atoms with Crippen molar-refractivity contribution in [2.24, 2.45) is 0 Å². The van der Waals surface area contributed by atoms with Crippen LogP contribution in [0.25, 0.3) is 6.08 Å². The summed E-state index contributed by atoms with van der Waals surface area (Å²) < 4.78 is 0. The number of rotatable bonds is 2. The van der Waals surface area contributed by atoms with Crippen molar-refractivity contribution in [2.75, 3.05) is 0 Å². The first-order valence-electron chi connectivity index (χ1n) is 5.61. The highest BCUT2D eigenvalue weighted by Gasteiger charge is 1.75. The molecule has 0 unspecified atom stereocenters. The second-order valence-corrected chi connectivity index (χ2v) is 3.58. The van der Waals surface area contributed by atoms with Gasteiger partial charge in [-0.2, -0.15) is 0 Å². The third kappa shape index (κ3) is 20.3. The number of hydrogen-bond donors (Lipinski definition) is 0. The highest BCUT2D eigenvalue weighted by molar-refractivity contribution is 5.45. The number of benzene rings is 1. The van der Waals surface area contributed by atoms with Crippen LogP contribution in [0.1, 0.15) is 26.3 Å². The summed E-state index contributed by atoms with van der Waals surface area (Å²) in [6, 6.07) is 10.0. The summed E-state index contributed by atoms with van der Waals surface area (Å²) in [6.07, 6.45) is 7.41. The first-order chi connectivity index (χ1) is 8.08. The fourth-order valence-corrected chi connectivity index (χ4v) is 0.725. The van der Waals surface area contributed by atoms with Crippen LogP contribution in [0.15, 0.2) is 73.9 Å². The molecule has 0 atom stereocenters. The standard InChI is InChI=1S/C8H8.C5H8.C4H8/c1-2-8-6-4-3-5-7-8;1-3-5-4-2;1-4(2)3/h2-7H,1H2;3-5H,1H2,2H3;1H2,2-3H3/b;5-4+;. The molecule has 0 saturated heterocycles. The normalized spacial score (nSPS) is 8.18. The van der Waals surface area contributed by atoms with Crippen molar-refractivity contribution in [1.82, 2.24) is 0 Å². The smallest absolute Gasteiger partial charge is 0.0263 e. The zero-order chi connectivity index (χ0) is 13.5. The maximum Gasteiger partial charge on any atom is -0.0263 e. The summed E-state index contributed by atoms with van der Waals surface area (Å²) in [5.41, 5.74) is 2.34. The van der Waals surface area contributed by atoms with Gasteiger partial charge in [-0.25, -0.2) is 0 Å². The predicted molar refractivity (Wildman–Crippen MR) is 82.0 cm³/mol. The summed E-state index contributed by atoms with van der Waals surface area (Å²) in [7, 11) is 0. The van der Waals surface area contributed by atoms with E-state index in [0.29, 0.717) is 0 Å². The molecule has 0 nitrogen and oxygen atoms in total. The molecule has 92 valence electrons. The van der Waals surface area contributed by atoms with Crippen molar-refractivity contribution in [1.29, 1.82) is 0 Å². The first kappa shape index (κ1) is 17.6. The molecule has 0 N–H and O–H groups in total. The van der Waals surface area contributed by atoms with E-state index in [4.69, 9.17) is 0 Å². The van der Waals surface area contributed by atoms with Crippen LogP contribution < -0.4 is 0 Å². The van der Waals surface area contributed by atoms with Crippen molar-refractivity contribution in [3.63, 3.8) is 0 Å². The molecule has 0 aliphatic carbocycles. The average Bonchev–Trinajstić information content (AvgIpc) is 2.31. The highest BCUT2D eigenvalue weighted by atomic mass is 13.8. The monoisotopic (exact) mass is 228 g/mol. The van der Waals surface area contributed by atoms with Gasteiger partial charge in [0.1, 0.15) is 0 Å². The molecule has 0 amide bonds. The van der Waals surface area contributed by atoms with E-state index in [9.17, 15) is 0 Å². The minimum atomic E-state index is 1.17. The van der Waals surface area contributed by atoms with Gasteiger partial charge in [-0.05, 0) is 26.3 Å². The van der Waals surface area contributed by atoms with E-state index in [1.165, 1.54) is 11.1 Å². The molecular weight excluding hydrogens is 204 g/mol. The van der Waals surface area contributed by atoms with Gasteiger partial charge in [0.25, 0.3) is 0 Å². The van der Waals surface area contributed by atoms with E-state index < -0.39 is 0 Å². The Morgan fingerprint density at radius 1 is 1.06 bits per heavy atom. The maximum atomic E-state index is 3.63. The lowest BCUT2D eigenvalue weighted by Gasteiger charge is -1.85. The Hall–Kier alpha value is -1.82. The van der Waals surface area contributed by atoms with Crippen molar-refractivity contribution < 1.29 is 0 Å². The molecule has 0 aliphatic heterocycles. The van der Waals surface area contributed by atoms with E-state index in [-0.39, 0.29) is 0 Å². The van der Waals surface area contributed by atoms with Crippen LogP contribution in [0.2, 0.25) is 0 Å². The molecule has 0 heteroatoms. The van der Waals surface area contributed by atoms with E-state index in [1.54, 1.807) is 6.08 Å². The van der Waals surface area contributed by atoms with Crippen molar-refractivity contribution >= 4 is 6.08 Å². The molecule has 1 aromatic rings. The Morgan fingerprint density at radius 3 is 1.71 bits per heavy atom. The molecule has 0 saturated carbocycles. The molecule has 0 aromatic heterocycles. The quantitative estimate of drug-likeness (QED) is 0.452. The van der Waals surface area contributed by atoms with Gasteiger partial charge in [-0.3, -0.25) is 0 Å². The van der Waals surface area contributed by atoms with Crippen LogP contribution >= 0.6 is 0 Å². The van der Waals surface area contributed by atoms with Crippen LogP contribution in [0.4, 0.5) is 0 Å². The summed E-state index contributed by atoms with van der Waals surface area (Å²) in [4.78, 5) is 0. The molecule has 0 aliphatic rings. The Balaban J connectivity index is 0. The lowest BCUT2D eigenvalue weighted by atomic mass is 10.2. The van der Waals surface area contributed by atoms with Gasteiger partial charge >= 0.3 is 0 Å². The van der Waals surface area contributed by atoms with Gasteiger partial charge < -0.3 is 0 Å². The fourth-order valence-electron chi connectivity index (χ4n) is 0.725. The molecule has 1 aromatic carbocycles. The second-order valence-electron chi connectivity index (χ2n) is 3.58. The van der Waals surface area contributed by atoms with Gasteiger partial charge in [0.2, 0.25) is 0 Å².